The third kappa shape index (κ3) is 1.04. The minimum atomic E-state index is 0.240. The van der Waals surface area contributed by atoms with Crippen LogP contribution in [0.15, 0.2) is 11.4 Å². The van der Waals surface area contributed by atoms with Crippen LogP contribution in [-0.4, -0.2) is 23.4 Å². The van der Waals surface area contributed by atoms with Gasteiger partial charge in [0.05, 0.1) is 13.2 Å². The molecule has 0 saturated carbocycles. The van der Waals surface area contributed by atoms with Gasteiger partial charge in [-0.15, -0.1) is 0 Å². The fourth-order valence-electron chi connectivity index (χ4n) is 1.81. The third-order valence-corrected chi connectivity index (χ3v) is 2.62. The lowest BCUT2D eigenvalue weighted by molar-refractivity contribution is 0.206. The molecule has 0 radical (unpaired) electrons. The molecule has 0 aromatic carbocycles. The van der Waals surface area contributed by atoms with Gasteiger partial charge < -0.3 is 15.5 Å². The Balaban J connectivity index is 2.06. The van der Waals surface area contributed by atoms with Crippen LogP contribution in [0.1, 0.15) is 12.8 Å². The SMILES string of the molecule is OCC1CCC(CO)C2=C1N2. The molecule has 0 aromatic rings. The Morgan fingerprint density at radius 2 is 1.55 bits per heavy atom. The van der Waals surface area contributed by atoms with Gasteiger partial charge in [-0.3, -0.25) is 0 Å². The second kappa shape index (κ2) is 2.50. The summed E-state index contributed by atoms with van der Waals surface area (Å²) in [5.74, 6) is 0.653. The molecule has 1 aliphatic heterocycles. The summed E-state index contributed by atoms with van der Waals surface area (Å²) in [6.45, 7) is 0.480. The maximum absolute atomic E-state index is 8.91. The van der Waals surface area contributed by atoms with E-state index in [9.17, 15) is 0 Å². The Labute approximate surface area is 65.7 Å². The molecule has 0 aromatic heterocycles. The molecule has 62 valence electrons. The van der Waals surface area contributed by atoms with E-state index in [0.717, 1.165) is 12.8 Å². The Morgan fingerprint density at radius 3 is 1.91 bits per heavy atom. The first-order valence-electron chi connectivity index (χ1n) is 4.09. The molecule has 0 fully saturated rings. The van der Waals surface area contributed by atoms with Crippen molar-refractivity contribution in [3.05, 3.63) is 11.4 Å². The molecule has 0 saturated heterocycles. The molecule has 1 heterocycles. The fraction of sp³-hybridized carbons (Fsp3) is 0.750. The van der Waals surface area contributed by atoms with E-state index in [2.05, 4.69) is 5.32 Å². The molecule has 0 bridgehead atoms. The Bertz CT molecular complexity index is 180. The predicted octanol–water partition coefficient (Wildman–Crippen LogP) is -0.188. The number of rotatable bonds is 2. The van der Waals surface area contributed by atoms with Gasteiger partial charge in [-0.25, -0.2) is 0 Å². The van der Waals surface area contributed by atoms with Gasteiger partial charge in [0.1, 0.15) is 0 Å². The number of nitrogens with one attached hydrogen (secondary N) is 1. The summed E-state index contributed by atoms with van der Waals surface area (Å²) in [6.07, 6.45) is 2.01. The van der Waals surface area contributed by atoms with Crippen molar-refractivity contribution in [1.82, 2.24) is 5.32 Å². The average molecular weight is 155 g/mol. The summed E-state index contributed by atoms with van der Waals surface area (Å²) in [6, 6.07) is 0. The van der Waals surface area contributed by atoms with Gasteiger partial charge in [-0.1, -0.05) is 0 Å². The normalized spacial score (nSPS) is 34.7. The lowest BCUT2D eigenvalue weighted by atomic mass is 9.90. The van der Waals surface area contributed by atoms with Crippen LogP contribution in [0.2, 0.25) is 0 Å². The highest BCUT2D eigenvalue weighted by Crippen LogP contribution is 2.39. The standard InChI is InChI=1S/C8H13NO2/c10-3-5-1-2-6(4-11)8-7(5)9-8/h5-6,9-11H,1-4H2. The molecule has 0 amide bonds. The molecule has 11 heavy (non-hydrogen) atoms. The van der Waals surface area contributed by atoms with Crippen LogP contribution < -0.4 is 5.32 Å². The zero-order chi connectivity index (χ0) is 7.84. The summed E-state index contributed by atoms with van der Waals surface area (Å²) in [4.78, 5) is 0. The number of aliphatic hydroxyl groups excluding tert-OH is 2. The zero-order valence-corrected chi connectivity index (χ0v) is 6.38. The van der Waals surface area contributed by atoms with E-state index in [1.807, 2.05) is 0 Å². The highest BCUT2D eigenvalue weighted by Gasteiger charge is 2.37. The van der Waals surface area contributed by atoms with Crippen LogP contribution in [0.5, 0.6) is 0 Å². The van der Waals surface area contributed by atoms with Crippen molar-refractivity contribution in [2.45, 2.75) is 12.8 Å². The predicted molar refractivity (Wildman–Crippen MR) is 40.5 cm³/mol. The van der Waals surface area contributed by atoms with Crippen LogP contribution in [0.3, 0.4) is 0 Å². The van der Waals surface area contributed by atoms with E-state index >= 15 is 0 Å². The lowest BCUT2D eigenvalue weighted by Crippen LogP contribution is -2.13. The van der Waals surface area contributed by atoms with Crippen LogP contribution in [0, 0.1) is 11.8 Å². The minimum Gasteiger partial charge on any atom is -0.396 e. The summed E-state index contributed by atoms with van der Waals surface area (Å²) in [7, 11) is 0. The van der Waals surface area contributed by atoms with E-state index in [4.69, 9.17) is 10.2 Å². The van der Waals surface area contributed by atoms with Gasteiger partial charge in [0.25, 0.3) is 0 Å². The minimum absolute atomic E-state index is 0.240. The van der Waals surface area contributed by atoms with E-state index in [0.29, 0.717) is 11.8 Å². The van der Waals surface area contributed by atoms with Crippen molar-refractivity contribution < 1.29 is 10.2 Å². The highest BCUT2D eigenvalue weighted by molar-refractivity contribution is 5.36. The molecule has 0 spiro atoms. The molecule has 2 atom stereocenters. The van der Waals surface area contributed by atoms with E-state index in [-0.39, 0.29) is 13.2 Å². The molecule has 3 heteroatoms. The zero-order valence-electron chi connectivity index (χ0n) is 6.38. The first kappa shape index (κ1) is 7.13. The molecule has 2 unspecified atom stereocenters. The van der Waals surface area contributed by atoms with Crippen LogP contribution in [0.4, 0.5) is 0 Å². The van der Waals surface area contributed by atoms with Gasteiger partial charge in [-0.05, 0) is 12.8 Å². The average Bonchev–Trinajstić information content (AvgIpc) is 2.81. The summed E-state index contributed by atoms with van der Waals surface area (Å²) in [5, 5.41) is 21.0. The van der Waals surface area contributed by atoms with E-state index < -0.39 is 0 Å². The maximum Gasteiger partial charge on any atom is 0.0514 e. The highest BCUT2D eigenvalue weighted by atomic mass is 16.3. The van der Waals surface area contributed by atoms with Gasteiger partial charge in [-0.2, -0.15) is 0 Å². The molecule has 2 aliphatic rings. The lowest BCUT2D eigenvalue weighted by Gasteiger charge is -2.15. The van der Waals surface area contributed by atoms with Crippen molar-refractivity contribution in [2.75, 3.05) is 13.2 Å². The Morgan fingerprint density at radius 1 is 1.09 bits per heavy atom. The number of hydrogen-bond donors (Lipinski definition) is 3. The monoisotopic (exact) mass is 155 g/mol. The van der Waals surface area contributed by atoms with Crippen LogP contribution >= 0.6 is 0 Å². The summed E-state index contributed by atoms with van der Waals surface area (Å²) in [5.41, 5.74) is 2.38. The van der Waals surface area contributed by atoms with Crippen LogP contribution in [-0.2, 0) is 0 Å². The second-order valence-electron chi connectivity index (χ2n) is 3.29. The Hall–Kier alpha value is -0.540. The van der Waals surface area contributed by atoms with Gasteiger partial charge in [0.2, 0.25) is 0 Å². The molecule has 2 rings (SSSR count). The van der Waals surface area contributed by atoms with Gasteiger partial charge >= 0.3 is 0 Å². The third-order valence-electron chi connectivity index (χ3n) is 2.62. The van der Waals surface area contributed by atoms with Gasteiger partial charge in [0, 0.05) is 23.2 Å². The van der Waals surface area contributed by atoms with Crippen molar-refractivity contribution in [2.24, 2.45) is 11.8 Å². The molecule has 3 N–H and O–H groups in total. The Kier molecular flexibility index (Phi) is 1.62. The van der Waals surface area contributed by atoms with Crippen molar-refractivity contribution in [1.29, 1.82) is 0 Å². The maximum atomic E-state index is 8.91. The summed E-state index contributed by atoms with van der Waals surface area (Å²) < 4.78 is 0. The molecular weight excluding hydrogens is 142 g/mol. The van der Waals surface area contributed by atoms with Crippen molar-refractivity contribution in [3.63, 3.8) is 0 Å². The van der Waals surface area contributed by atoms with E-state index in [1.165, 1.54) is 11.4 Å². The number of hydrogen-bond acceptors (Lipinski definition) is 3. The fourth-order valence-corrected chi connectivity index (χ4v) is 1.81. The quantitative estimate of drug-likeness (QED) is 0.518. The largest absolute Gasteiger partial charge is 0.396 e. The van der Waals surface area contributed by atoms with Crippen molar-refractivity contribution in [3.8, 4) is 0 Å². The smallest absolute Gasteiger partial charge is 0.0514 e. The molecule has 1 aliphatic carbocycles. The van der Waals surface area contributed by atoms with Crippen molar-refractivity contribution >= 4 is 0 Å². The first-order valence-corrected chi connectivity index (χ1v) is 4.09. The second-order valence-corrected chi connectivity index (χ2v) is 3.29. The molecule has 3 nitrogen and oxygen atoms in total. The summed E-state index contributed by atoms with van der Waals surface area (Å²) >= 11 is 0. The van der Waals surface area contributed by atoms with Crippen LogP contribution in [0.25, 0.3) is 0 Å². The molecular formula is C8H13NO2. The van der Waals surface area contributed by atoms with Gasteiger partial charge in [0.15, 0.2) is 0 Å². The number of aliphatic hydroxyl groups is 2. The topological polar surface area (TPSA) is 62.4 Å². The first-order chi connectivity index (χ1) is 5.36. The van der Waals surface area contributed by atoms with E-state index in [1.54, 1.807) is 0 Å².